The Kier molecular flexibility index (Phi) is 7.42. The summed E-state index contributed by atoms with van der Waals surface area (Å²) in [7, 11) is 1.54. The summed E-state index contributed by atoms with van der Waals surface area (Å²) in [5, 5.41) is 11.4. The van der Waals surface area contributed by atoms with Gasteiger partial charge in [0.2, 0.25) is 0 Å². The molecule has 0 fully saturated rings. The zero-order valence-electron chi connectivity index (χ0n) is 19.5. The monoisotopic (exact) mass is 491 g/mol. The predicted molar refractivity (Wildman–Crippen MR) is 135 cm³/mol. The number of amides is 1. The lowest BCUT2D eigenvalue weighted by molar-refractivity contribution is -0.118. The number of ketones is 1. The predicted octanol–water partition coefficient (Wildman–Crippen LogP) is 5.85. The number of hydrogen-bond donors (Lipinski definition) is 1. The molecular formula is C28H26ClNO5. The molecule has 1 aliphatic rings. The Morgan fingerprint density at radius 2 is 1.74 bits per heavy atom. The van der Waals surface area contributed by atoms with E-state index in [0.29, 0.717) is 40.8 Å². The number of carbonyl (C=O) groups is 2. The van der Waals surface area contributed by atoms with Gasteiger partial charge in [0, 0.05) is 17.1 Å². The second-order valence-electron chi connectivity index (χ2n) is 8.07. The number of benzene rings is 3. The first-order valence-corrected chi connectivity index (χ1v) is 11.7. The number of aliphatic hydroxyl groups excluding tert-OH is 1. The molecule has 1 N–H and O–H groups in total. The molecule has 1 amide bonds. The molecule has 0 saturated heterocycles. The van der Waals surface area contributed by atoms with Gasteiger partial charge >= 0.3 is 0 Å². The van der Waals surface area contributed by atoms with E-state index in [1.54, 1.807) is 49.6 Å². The van der Waals surface area contributed by atoms with Gasteiger partial charge < -0.3 is 14.6 Å². The van der Waals surface area contributed by atoms with E-state index in [2.05, 4.69) is 0 Å². The number of methoxy groups -OCH3 is 1. The van der Waals surface area contributed by atoms with Crippen LogP contribution in [0.4, 0.5) is 5.69 Å². The highest BCUT2D eigenvalue weighted by molar-refractivity contribution is 6.30. The maximum Gasteiger partial charge on any atom is 0.294 e. The van der Waals surface area contributed by atoms with Crippen LogP contribution in [0.1, 0.15) is 30.5 Å². The smallest absolute Gasteiger partial charge is 0.294 e. The molecular weight excluding hydrogens is 466 g/mol. The number of anilines is 1. The van der Waals surface area contributed by atoms with Crippen molar-refractivity contribution in [1.82, 2.24) is 0 Å². The molecule has 0 aliphatic carbocycles. The van der Waals surface area contributed by atoms with Crippen LogP contribution in [0.3, 0.4) is 0 Å². The van der Waals surface area contributed by atoms with Crippen LogP contribution in [0.25, 0.3) is 0 Å². The van der Waals surface area contributed by atoms with Crippen molar-refractivity contribution in [2.24, 2.45) is 0 Å². The van der Waals surface area contributed by atoms with Gasteiger partial charge in [0.1, 0.15) is 0 Å². The zero-order chi connectivity index (χ0) is 24.9. The average Bonchev–Trinajstić information content (AvgIpc) is 3.14. The summed E-state index contributed by atoms with van der Waals surface area (Å²) in [6.07, 6.45) is 0.640. The molecule has 3 aromatic rings. The van der Waals surface area contributed by atoms with Crippen molar-refractivity contribution in [1.29, 1.82) is 0 Å². The Hall–Kier alpha value is -3.77. The number of ether oxygens (including phenoxy) is 2. The van der Waals surface area contributed by atoms with Crippen molar-refractivity contribution >= 4 is 29.0 Å². The molecule has 0 radical (unpaired) electrons. The minimum Gasteiger partial charge on any atom is -0.503 e. The van der Waals surface area contributed by atoms with E-state index in [-0.39, 0.29) is 17.8 Å². The number of rotatable bonds is 9. The van der Waals surface area contributed by atoms with Gasteiger partial charge in [-0.15, -0.1) is 0 Å². The maximum absolute atomic E-state index is 13.4. The Morgan fingerprint density at radius 1 is 1.03 bits per heavy atom. The van der Waals surface area contributed by atoms with Crippen LogP contribution in [0.15, 0.2) is 84.1 Å². The minimum atomic E-state index is -0.836. The number of aryl methyl sites for hydroxylation is 1. The molecule has 35 heavy (non-hydrogen) atoms. The number of halogens is 1. The molecule has 7 heteroatoms. The second kappa shape index (κ2) is 10.7. The number of hydrogen-bond acceptors (Lipinski definition) is 5. The van der Waals surface area contributed by atoms with E-state index >= 15 is 0 Å². The van der Waals surface area contributed by atoms with Crippen LogP contribution in [0, 0.1) is 0 Å². The molecule has 180 valence electrons. The summed E-state index contributed by atoms with van der Waals surface area (Å²) in [6.45, 7) is 2.27. The summed E-state index contributed by atoms with van der Waals surface area (Å²) in [5.74, 6) is -0.470. The van der Waals surface area contributed by atoms with E-state index in [0.717, 1.165) is 5.56 Å². The first-order chi connectivity index (χ1) is 16.9. The van der Waals surface area contributed by atoms with Crippen LogP contribution in [0.5, 0.6) is 11.5 Å². The van der Waals surface area contributed by atoms with Gasteiger partial charge in [-0.05, 0) is 60.9 Å². The zero-order valence-corrected chi connectivity index (χ0v) is 20.3. The fourth-order valence-corrected chi connectivity index (χ4v) is 4.37. The maximum atomic E-state index is 13.4. The molecule has 6 nitrogen and oxygen atoms in total. The summed E-state index contributed by atoms with van der Waals surface area (Å²) in [5.41, 5.74) is 2.19. The summed E-state index contributed by atoms with van der Waals surface area (Å²) in [6, 6.07) is 20.7. The van der Waals surface area contributed by atoms with Gasteiger partial charge in [-0.3, -0.25) is 14.5 Å². The molecule has 1 atom stereocenters. The lowest BCUT2D eigenvalue weighted by atomic mass is 9.92. The average molecular weight is 492 g/mol. The van der Waals surface area contributed by atoms with Gasteiger partial charge in [0.25, 0.3) is 5.91 Å². The Labute approximate surface area is 209 Å². The fraction of sp³-hybridized carbons (Fsp3) is 0.214. The minimum absolute atomic E-state index is 0.0634. The molecule has 4 rings (SSSR count). The van der Waals surface area contributed by atoms with Crippen molar-refractivity contribution in [2.75, 3.05) is 18.6 Å². The molecule has 1 heterocycles. The Balaban J connectivity index is 1.77. The number of carbonyl (C=O) groups excluding carboxylic acids is 2. The van der Waals surface area contributed by atoms with Gasteiger partial charge in [-0.2, -0.15) is 0 Å². The first-order valence-electron chi connectivity index (χ1n) is 11.3. The molecule has 0 bridgehead atoms. The lowest BCUT2D eigenvalue weighted by Gasteiger charge is -2.27. The fourth-order valence-electron chi connectivity index (χ4n) is 4.24. The summed E-state index contributed by atoms with van der Waals surface area (Å²) in [4.78, 5) is 28.1. The van der Waals surface area contributed by atoms with Gasteiger partial charge in [-0.1, -0.05) is 48.0 Å². The number of nitrogens with zero attached hydrogens (tertiary/aromatic N) is 1. The third-order valence-electron chi connectivity index (χ3n) is 5.90. The van der Waals surface area contributed by atoms with E-state index in [4.69, 9.17) is 21.1 Å². The number of Topliss-reactive ketones (excluding diaryl/α,β-unsaturated/α-hetero) is 1. The summed E-state index contributed by atoms with van der Waals surface area (Å²) < 4.78 is 11.1. The van der Waals surface area contributed by atoms with Crippen LogP contribution in [0.2, 0.25) is 5.02 Å². The normalized spacial score (nSPS) is 15.5. The van der Waals surface area contributed by atoms with Crippen LogP contribution in [-0.2, 0) is 16.0 Å². The molecule has 1 aliphatic heterocycles. The van der Waals surface area contributed by atoms with E-state index in [1.165, 1.54) is 4.90 Å². The van der Waals surface area contributed by atoms with Crippen LogP contribution >= 0.6 is 11.6 Å². The van der Waals surface area contributed by atoms with Crippen molar-refractivity contribution in [3.8, 4) is 11.5 Å². The summed E-state index contributed by atoms with van der Waals surface area (Å²) >= 11 is 6.06. The van der Waals surface area contributed by atoms with Crippen molar-refractivity contribution in [3.05, 3.63) is 100 Å². The SMILES string of the molecule is CCOc1cc(C2C(C(=O)CCc3ccccc3)=C(O)C(=O)N2c2ccc(Cl)cc2)ccc1OC. The Morgan fingerprint density at radius 3 is 2.40 bits per heavy atom. The quantitative estimate of drug-likeness (QED) is 0.406. The van der Waals surface area contributed by atoms with Crippen molar-refractivity contribution < 1.29 is 24.2 Å². The van der Waals surface area contributed by atoms with Gasteiger partial charge in [0.05, 0.1) is 25.3 Å². The van der Waals surface area contributed by atoms with E-state index in [9.17, 15) is 14.7 Å². The Bertz CT molecular complexity index is 1250. The molecule has 0 aromatic heterocycles. The molecule has 3 aromatic carbocycles. The largest absolute Gasteiger partial charge is 0.503 e. The third kappa shape index (κ3) is 5.03. The lowest BCUT2D eigenvalue weighted by Crippen LogP contribution is -2.31. The van der Waals surface area contributed by atoms with Crippen LogP contribution in [-0.4, -0.2) is 30.5 Å². The first kappa shape index (κ1) is 24.4. The highest BCUT2D eigenvalue weighted by atomic mass is 35.5. The molecule has 0 saturated carbocycles. The van der Waals surface area contributed by atoms with Gasteiger partial charge in [0.15, 0.2) is 23.0 Å². The van der Waals surface area contributed by atoms with Crippen molar-refractivity contribution in [3.63, 3.8) is 0 Å². The molecule has 0 spiro atoms. The van der Waals surface area contributed by atoms with E-state index < -0.39 is 17.7 Å². The topological polar surface area (TPSA) is 76.1 Å². The standard InChI is InChI=1S/C28H26ClNO5/c1-3-35-24-17-19(10-16-23(24)34-2)26-25(22(31)15-9-18-7-5-4-6-8-18)27(32)28(33)30(26)21-13-11-20(29)12-14-21/h4-8,10-14,16-17,26,32H,3,9,15H2,1-2H3. The van der Waals surface area contributed by atoms with E-state index in [1.807, 2.05) is 37.3 Å². The van der Waals surface area contributed by atoms with Gasteiger partial charge in [-0.25, -0.2) is 0 Å². The highest BCUT2D eigenvalue weighted by Gasteiger charge is 2.44. The third-order valence-corrected chi connectivity index (χ3v) is 6.15. The van der Waals surface area contributed by atoms with Crippen molar-refractivity contribution in [2.45, 2.75) is 25.8 Å². The number of aliphatic hydroxyl groups is 1. The molecule has 1 unspecified atom stereocenters. The highest BCUT2D eigenvalue weighted by Crippen LogP contribution is 2.43. The second-order valence-corrected chi connectivity index (χ2v) is 8.50. The van der Waals surface area contributed by atoms with Crippen LogP contribution < -0.4 is 14.4 Å².